The van der Waals surface area contributed by atoms with Crippen LogP contribution < -0.4 is 10.5 Å². The molecule has 0 bridgehead atoms. The molecule has 1 rings (SSSR count). The molecule has 0 aromatic heterocycles. The maximum absolute atomic E-state index is 7.29. The van der Waals surface area contributed by atoms with Crippen molar-refractivity contribution >= 4 is 5.84 Å². The molecular formula is C13H22N2O2. The Hall–Kier alpha value is -1.55. The van der Waals surface area contributed by atoms with E-state index in [0.717, 1.165) is 11.3 Å². The number of ether oxygens (including phenoxy) is 2. The van der Waals surface area contributed by atoms with Crippen LogP contribution in [0.25, 0.3) is 0 Å². The Kier molecular flexibility index (Phi) is 7.80. The van der Waals surface area contributed by atoms with Gasteiger partial charge >= 0.3 is 0 Å². The Morgan fingerprint density at radius 3 is 2.41 bits per heavy atom. The van der Waals surface area contributed by atoms with E-state index in [9.17, 15) is 0 Å². The quantitative estimate of drug-likeness (QED) is 0.470. The first kappa shape index (κ1) is 15.4. The zero-order valence-corrected chi connectivity index (χ0v) is 11.0. The van der Waals surface area contributed by atoms with E-state index in [1.54, 1.807) is 13.2 Å². The van der Waals surface area contributed by atoms with E-state index in [0.29, 0.717) is 18.8 Å². The van der Waals surface area contributed by atoms with Crippen molar-refractivity contribution in [2.45, 2.75) is 20.8 Å². The van der Waals surface area contributed by atoms with Gasteiger partial charge in [0.1, 0.15) is 18.2 Å². The van der Waals surface area contributed by atoms with Gasteiger partial charge in [-0.15, -0.1) is 0 Å². The fourth-order valence-corrected chi connectivity index (χ4v) is 1.21. The highest BCUT2D eigenvalue weighted by atomic mass is 16.5. The van der Waals surface area contributed by atoms with E-state index in [4.69, 9.17) is 20.6 Å². The lowest BCUT2D eigenvalue weighted by atomic mass is 10.1. The van der Waals surface area contributed by atoms with Gasteiger partial charge in [0, 0.05) is 12.7 Å². The molecule has 0 amide bonds. The van der Waals surface area contributed by atoms with E-state index in [-0.39, 0.29) is 5.84 Å². The fraction of sp³-hybridized carbons (Fsp3) is 0.462. The van der Waals surface area contributed by atoms with Gasteiger partial charge in [-0.3, -0.25) is 5.41 Å². The minimum atomic E-state index is 0.0709. The van der Waals surface area contributed by atoms with Gasteiger partial charge in [0.15, 0.2) is 0 Å². The van der Waals surface area contributed by atoms with Crippen molar-refractivity contribution in [1.29, 1.82) is 5.41 Å². The maximum atomic E-state index is 7.29. The number of amidine groups is 1. The molecule has 0 unspecified atom stereocenters. The zero-order valence-electron chi connectivity index (χ0n) is 11.0. The average Bonchev–Trinajstić information content (AvgIpc) is 2.34. The molecule has 0 aliphatic heterocycles. The second-order valence-electron chi connectivity index (χ2n) is 3.24. The predicted octanol–water partition coefficient (Wildman–Crippen LogP) is 2.33. The van der Waals surface area contributed by atoms with E-state index in [1.807, 2.05) is 32.9 Å². The molecule has 4 nitrogen and oxygen atoms in total. The third kappa shape index (κ3) is 5.36. The molecule has 0 aliphatic rings. The first-order valence-electron chi connectivity index (χ1n) is 5.72. The van der Waals surface area contributed by atoms with Gasteiger partial charge in [-0.1, -0.05) is 13.8 Å². The maximum Gasteiger partial charge on any atom is 0.122 e. The second kappa shape index (κ2) is 8.58. The number of benzene rings is 1. The number of nitrogen functional groups attached to an aromatic ring is 1. The van der Waals surface area contributed by atoms with Gasteiger partial charge in [0.05, 0.1) is 6.61 Å². The minimum absolute atomic E-state index is 0.0709. The number of hydrogen-bond donors (Lipinski definition) is 2. The average molecular weight is 238 g/mol. The summed E-state index contributed by atoms with van der Waals surface area (Å²) in [4.78, 5) is 0. The molecule has 1 aromatic rings. The molecular weight excluding hydrogens is 216 g/mol. The molecule has 4 heteroatoms. The highest BCUT2D eigenvalue weighted by molar-refractivity contribution is 5.95. The Morgan fingerprint density at radius 1 is 1.29 bits per heavy atom. The van der Waals surface area contributed by atoms with E-state index < -0.39 is 0 Å². The van der Waals surface area contributed by atoms with Gasteiger partial charge < -0.3 is 15.2 Å². The predicted molar refractivity (Wildman–Crippen MR) is 70.9 cm³/mol. The van der Waals surface area contributed by atoms with Crippen molar-refractivity contribution < 1.29 is 9.47 Å². The summed E-state index contributed by atoms with van der Waals surface area (Å²) in [5.74, 6) is 0.874. The number of nitrogens with one attached hydrogen (secondary N) is 1. The summed E-state index contributed by atoms with van der Waals surface area (Å²) in [6.45, 7) is 7.01. The largest absolute Gasteiger partial charge is 0.491 e. The van der Waals surface area contributed by atoms with Crippen LogP contribution >= 0.6 is 0 Å². The van der Waals surface area contributed by atoms with E-state index in [1.165, 1.54) is 0 Å². The van der Waals surface area contributed by atoms with Crippen LogP contribution in [0.3, 0.4) is 0 Å². The van der Waals surface area contributed by atoms with Crippen molar-refractivity contribution in [3.8, 4) is 5.75 Å². The Morgan fingerprint density at radius 2 is 1.94 bits per heavy atom. The molecule has 17 heavy (non-hydrogen) atoms. The SMILES string of the molecule is CC.COCCOc1ccc(C(=N)N)cc1C. The van der Waals surface area contributed by atoms with Crippen molar-refractivity contribution in [2.24, 2.45) is 5.73 Å². The second-order valence-corrected chi connectivity index (χ2v) is 3.24. The van der Waals surface area contributed by atoms with Gasteiger partial charge in [0.2, 0.25) is 0 Å². The summed E-state index contributed by atoms with van der Waals surface area (Å²) in [6.07, 6.45) is 0. The number of nitrogens with two attached hydrogens (primary N) is 1. The van der Waals surface area contributed by atoms with Crippen LogP contribution in [0.5, 0.6) is 5.75 Å². The van der Waals surface area contributed by atoms with Gasteiger partial charge in [-0.25, -0.2) is 0 Å². The van der Waals surface area contributed by atoms with E-state index >= 15 is 0 Å². The van der Waals surface area contributed by atoms with Gasteiger partial charge in [0.25, 0.3) is 0 Å². The lowest BCUT2D eigenvalue weighted by molar-refractivity contribution is 0.146. The van der Waals surface area contributed by atoms with Crippen molar-refractivity contribution in [3.05, 3.63) is 29.3 Å². The van der Waals surface area contributed by atoms with Crippen molar-refractivity contribution in [2.75, 3.05) is 20.3 Å². The molecule has 0 aliphatic carbocycles. The third-order valence-corrected chi connectivity index (χ3v) is 2.03. The highest BCUT2D eigenvalue weighted by Gasteiger charge is 2.02. The van der Waals surface area contributed by atoms with Crippen LogP contribution in [0.2, 0.25) is 0 Å². The van der Waals surface area contributed by atoms with Crippen molar-refractivity contribution in [1.82, 2.24) is 0 Å². The molecule has 3 N–H and O–H groups in total. The number of hydrogen-bond acceptors (Lipinski definition) is 3. The topological polar surface area (TPSA) is 68.3 Å². The lowest BCUT2D eigenvalue weighted by Crippen LogP contribution is -2.11. The summed E-state index contributed by atoms with van der Waals surface area (Å²) in [7, 11) is 1.63. The van der Waals surface area contributed by atoms with Crippen LogP contribution in [-0.2, 0) is 4.74 Å². The summed E-state index contributed by atoms with van der Waals surface area (Å²) < 4.78 is 10.4. The fourth-order valence-electron chi connectivity index (χ4n) is 1.21. The Labute approximate surface area is 103 Å². The van der Waals surface area contributed by atoms with Crippen LogP contribution in [0, 0.1) is 12.3 Å². The Balaban J connectivity index is 0.00000121. The first-order chi connectivity index (χ1) is 8.15. The summed E-state index contributed by atoms with van der Waals surface area (Å²) >= 11 is 0. The summed E-state index contributed by atoms with van der Waals surface area (Å²) in [5.41, 5.74) is 7.06. The molecule has 0 heterocycles. The molecule has 96 valence electrons. The minimum Gasteiger partial charge on any atom is -0.491 e. The van der Waals surface area contributed by atoms with Gasteiger partial charge in [-0.05, 0) is 30.7 Å². The number of aryl methyl sites for hydroxylation is 1. The highest BCUT2D eigenvalue weighted by Crippen LogP contribution is 2.18. The molecule has 0 saturated heterocycles. The third-order valence-electron chi connectivity index (χ3n) is 2.03. The number of methoxy groups -OCH3 is 1. The van der Waals surface area contributed by atoms with Crippen LogP contribution in [0.1, 0.15) is 25.0 Å². The number of rotatable bonds is 5. The molecule has 0 fully saturated rings. The van der Waals surface area contributed by atoms with Crippen LogP contribution in [0.15, 0.2) is 18.2 Å². The summed E-state index contributed by atoms with van der Waals surface area (Å²) in [6, 6.07) is 5.43. The van der Waals surface area contributed by atoms with Crippen molar-refractivity contribution in [3.63, 3.8) is 0 Å². The lowest BCUT2D eigenvalue weighted by Gasteiger charge is -2.09. The standard InChI is InChI=1S/C11H16N2O2.C2H6/c1-8-7-9(11(12)13)3-4-10(8)15-6-5-14-2;1-2/h3-4,7H,5-6H2,1-2H3,(H3,12,13);1-2H3. The summed E-state index contributed by atoms with van der Waals surface area (Å²) in [5, 5.41) is 7.29. The zero-order chi connectivity index (χ0) is 13.3. The molecule has 1 aromatic carbocycles. The molecule has 0 atom stereocenters. The van der Waals surface area contributed by atoms with Crippen LogP contribution in [0.4, 0.5) is 0 Å². The van der Waals surface area contributed by atoms with Crippen LogP contribution in [-0.4, -0.2) is 26.2 Å². The monoisotopic (exact) mass is 238 g/mol. The molecule has 0 saturated carbocycles. The molecule has 0 radical (unpaired) electrons. The first-order valence-corrected chi connectivity index (χ1v) is 5.72. The Bertz CT molecular complexity index is 351. The van der Waals surface area contributed by atoms with Gasteiger partial charge in [-0.2, -0.15) is 0 Å². The normalized spacial score (nSPS) is 9.18. The molecule has 0 spiro atoms. The smallest absolute Gasteiger partial charge is 0.122 e. The van der Waals surface area contributed by atoms with E-state index in [2.05, 4.69) is 0 Å².